The maximum Gasteiger partial charge on any atom is 0.291 e. The van der Waals surface area contributed by atoms with E-state index in [0.717, 1.165) is 4.90 Å². The van der Waals surface area contributed by atoms with Gasteiger partial charge in [-0.05, 0) is 24.6 Å². The molecule has 0 aliphatic carbocycles. The van der Waals surface area contributed by atoms with E-state index in [-0.39, 0.29) is 5.57 Å². The van der Waals surface area contributed by atoms with Crippen LogP contribution in [0.2, 0.25) is 5.02 Å². The maximum atomic E-state index is 11.8. The molecule has 1 aromatic carbocycles. The first-order chi connectivity index (χ1) is 8.97. The maximum absolute atomic E-state index is 11.8. The molecule has 1 aliphatic heterocycles. The van der Waals surface area contributed by atoms with Crippen molar-refractivity contribution in [1.82, 2.24) is 4.90 Å². The Morgan fingerprint density at radius 2 is 1.95 bits per heavy atom. The van der Waals surface area contributed by atoms with E-state index < -0.39 is 30.2 Å². The molecule has 0 aromatic heterocycles. The van der Waals surface area contributed by atoms with Gasteiger partial charge in [0.1, 0.15) is 6.73 Å². The van der Waals surface area contributed by atoms with E-state index in [1.54, 1.807) is 24.3 Å². The number of amides is 1. The van der Waals surface area contributed by atoms with Gasteiger partial charge in [-0.1, -0.05) is 23.7 Å². The molecule has 100 valence electrons. The van der Waals surface area contributed by atoms with Gasteiger partial charge >= 0.3 is 0 Å². The lowest BCUT2D eigenvalue weighted by Gasteiger charge is -2.24. The molecule has 19 heavy (non-hydrogen) atoms. The third kappa shape index (κ3) is 2.22. The second kappa shape index (κ2) is 5.03. The molecule has 0 saturated carbocycles. The number of carbonyl (C=O) groups is 2. The van der Waals surface area contributed by atoms with Crippen LogP contribution in [0.15, 0.2) is 35.6 Å². The predicted molar refractivity (Wildman–Crippen MR) is 68.5 cm³/mol. The summed E-state index contributed by atoms with van der Waals surface area (Å²) in [5, 5.41) is 19.5. The fourth-order valence-electron chi connectivity index (χ4n) is 2.15. The molecule has 1 aliphatic rings. The number of benzene rings is 1. The molecule has 0 bridgehead atoms. The molecule has 0 fully saturated rings. The average Bonchev–Trinajstić information content (AvgIpc) is 2.63. The molecule has 5 nitrogen and oxygen atoms in total. The molecule has 2 N–H and O–H groups in total. The van der Waals surface area contributed by atoms with Crippen molar-refractivity contribution in [3.05, 3.63) is 46.2 Å². The predicted octanol–water partition coefficient (Wildman–Crippen LogP) is 1.57. The molecule has 1 heterocycles. The summed E-state index contributed by atoms with van der Waals surface area (Å²) in [6.07, 6.45) is 0. The van der Waals surface area contributed by atoms with E-state index in [1.165, 1.54) is 6.92 Å². The summed E-state index contributed by atoms with van der Waals surface area (Å²) in [5.74, 6) is -1.78. The van der Waals surface area contributed by atoms with Crippen LogP contribution in [0.1, 0.15) is 18.5 Å². The minimum Gasteiger partial charge on any atom is -0.503 e. The second-order valence-corrected chi connectivity index (χ2v) is 4.63. The third-order valence-electron chi connectivity index (χ3n) is 3.02. The summed E-state index contributed by atoms with van der Waals surface area (Å²) >= 11 is 5.79. The molecule has 0 radical (unpaired) electrons. The van der Waals surface area contributed by atoms with Gasteiger partial charge in [-0.15, -0.1) is 0 Å². The summed E-state index contributed by atoms with van der Waals surface area (Å²) in [6.45, 7) is 0.676. The van der Waals surface area contributed by atoms with Crippen LogP contribution in [0.4, 0.5) is 0 Å². The van der Waals surface area contributed by atoms with Crippen LogP contribution in [0.3, 0.4) is 0 Å². The van der Waals surface area contributed by atoms with Gasteiger partial charge in [0.2, 0.25) is 0 Å². The van der Waals surface area contributed by atoms with Gasteiger partial charge in [-0.2, -0.15) is 0 Å². The Labute approximate surface area is 114 Å². The number of aliphatic hydroxyl groups is 2. The highest BCUT2D eigenvalue weighted by molar-refractivity contribution is 6.30. The zero-order valence-electron chi connectivity index (χ0n) is 10.1. The summed E-state index contributed by atoms with van der Waals surface area (Å²) in [4.78, 5) is 24.4. The molecular formula is C13H12ClNO4. The van der Waals surface area contributed by atoms with Crippen LogP contribution < -0.4 is 0 Å². The van der Waals surface area contributed by atoms with E-state index in [4.69, 9.17) is 11.6 Å². The Kier molecular flexibility index (Phi) is 3.59. The van der Waals surface area contributed by atoms with Gasteiger partial charge in [-0.25, -0.2) is 0 Å². The normalized spacial score (nSPS) is 19.2. The zero-order chi connectivity index (χ0) is 14.2. The van der Waals surface area contributed by atoms with Crippen molar-refractivity contribution in [3.63, 3.8) is 0 Å². The number of Topliss-reactive ketones (excluding diaryl/α,β-unsaturated/α-hetero) is 1. The number of hydrogen-bond acceptors (Lipinski definition) is 4. The van der Waals surface area contributed by atoms with E-state index in [0.29, 0.717) is 10.6 Å². The minimum atomic E-state index is -0.785. The minimum absolute atomic E-state index is 0.0126. The molecule has 0 unspecified atom stereocenters. The van der Waals surface area contributed by atoms with Crippen LogP contribution in [0, 0.1) is 0 Å². The fourth-order valence-corrected chi connectivity index (χ4v) is 2.28. The number of hydrogen-bond donors (Lipinski definition) is 2. The largest absolute Gasteiger partial charge is 0.503 e. The molecule has 0 saturated heterocycles. The molecule has 2 rings (SSSR count). The van der Waals surface area contributed by atoms with Crippen LogP contribution in [0.25, 0.3) is 0 Å². The van der Waals surface area contributed by atoms with Crippen LogP contribution in [-0.2, 0) is 9.59 Å². The lowest BCUT2D eigenvalue weighted by molar-refractivity contribution is -0.133. The van der Waals surface area contributed by atoms with Gasteiger partial charge in [0.25, 0.3) is 5.91 Å². The highest BCUT2D eigenvalue weighted by atomic mass is 35.5. The number of halogens is 1. The first-order valence-electron chi connectivity index (χ1n) is 5.58. The van der Waals surface area contributed by atoms with Crippen LogP contribution >= 0.6 is 11.6 Å². The van der Waals surface area contributed by atoms with Crippen molar-refractivity contribution in [3.8, 4) is 0 Å². The van der Waals surface area contributed by atoms with E-state index in [1.807, 2.05) is 0 Å². The third-order valence-corrected chi connectivity index (χ3v) is 3.27. The number of rotatable bonds is 3. The van der Waals surface area contributed by atoms with Crippen molar-refractivity contribution in [1.29, 1.82) is 0 Å². The van der Waals surface area contributed by atoms with Gasteiger partial charge in [0.15, 0.2) is 11.5 Å². The zero-order valence-corrected chi connectivity index (χ0v) is 10.9. The first kappa shape index (κ1) is 13.6. The Hall–Kier alpha value is -1.85. The van der Waals surface area contributed by atoms with Crippen molar-refractivity contribution in [2.75, 3.05) is 6.73 Å². The molecule has 0 spiro atoms. The summed E-state index contributed by atoms with van der Waals surface area (Å²) in [5.41, 5.74) is 0.586. The lowest BCUT2D eigenvalue weighted by Crippen LogP contribution is -2.31. The quantitative estimate of drug-likeness (QED) is 0.882. The van der Waals surface area contributed by atoms with E-state index in [9.17, 15) is 19.8 Å². The number of carbonyl (C=O) groups excluding carboxylic acids is 2. The Morgan fingerprint density at radius 3 is 2.42 bits per heavy atom. The van der Waals surface area contributed by atoms with Crippen molar-refractivity contribution >= 4 is 23.3 Å². The standard InChI is InChI=1S/C13H12ClNO4/c1-7(17)10-11(8-2-4-9(14)5-3-8)15(6-16)13(19)12(10)18/h2-5,11,16,18H,6H2,1H3/t11-/m1/s1. The first-order valence-corrected chi connectivity index (χ1v) is 5.96. The monoisotopic (exact) mass is 281 g/mol. The Balaban J connectivity index is 2.54. The Bertz CT molecular complexity index is 565. The van der Waals surface area contributed by atoms with Gasteiger partial charge in [0.05, 0.1) is 11.6 Å². The molecule has 1 aromatic rings. The van der Waals surface area contributed by atoms with Crippen LogP contribution in [0.5, 0.6) is 0 Å². The average molecular weight is 282 g/mol. The topological polar surface area (TPSA) is 77.8 Å². The van der Waals surface area contributed by atoms with Crippen LogP contribution in [-0.4, -0.2) is 33.5 Å². The smallest absolute Gasteiger partial charge is 0.291 e. The summed E-state index contributed by atoms with van der Waals surface area (Å²) < 4.78 is 0. The molecule has 6 heteroatoms. The van der Waals surface area contributed by atoms with Gasteiger partial charge in [-0.3, -0.25) is 9.59 Å². The van der Waals surface area contributed by atoms with Crippen molar-refractivity contribution in [2.45, 2.75) is 13.0 Å². The lowest BCUT2D eigenvalue weighted by atomic mass is 9.97. The molecule has 1 atom stereocenters. The summed E-state index contributed by atoms with van der Waals surface area (Å²) in [7, 11) is 0. The summed E-state index contributed by atoms with van der Waals surface area (Å²) in [6, 6.07) is 5.73. The fraction of sp³-hybridized carbons (Fsp3) is 0.231. The Morgan fingerprint density at radius 1 is 1.37 bits per heavy atom. The van der Waals surface area contributed by atoms with E-state index >= 15 is 0 Å². The molecule has 1 amide bonds. The number of aliphatic hydroxyl groups excluding tert-OH is 2. The van der Waals surface area contributed by atoms with Gasteiger partial charge < -0.3 is 15.1 Å². The number of ketones is 1. The molecular weight excluding hydrogens is 270 g/mol. The SMILES string of the molecule is CC(=O)C1=C(O)C(=O)N(CO)[C@@H]1c1ccc(Cl)cc1. The van der Waals surface area contributed by atoms with Crippen molar-refractivity contribution < 1.29 is 19.8 Å². The van der Waals surface area contributed by atoms with E-state index in [2.05, 4.69) is 0 Å². The number of nitrogens with zero attached hydrogens (tertiary/aromatic N) is 1. The highest BCUT2D eigenvalue weighted by Crippen LogP contribution is 2.37. The highest BCUT2D eigenvalue weighted by Gasteiger charge is 2.41. The second-order valence-electron chi connectivity index (χ2n) is 4.19. The van der Waals surface area contributed by atoms with Gasteiger partial charge in [0, 0.05) is 5.02 Å². The van der Waals surface area contributed by atoms with Crippen molar-refractivity contribution in [2.24, 2.45) is 0 Å².